The van der Waals surface area contributed by atoms with E-state index in [4.69, 9.17) is 0 Å². The molecule has 0 atom stereocenters. The van der Waals surface area contributed by atoms with Gasteiger partial charge in [0.1, 0.15) is 0 Å². The Bertz CT molecular complexity index is 750. The van der Waals surface area contributed by atoms with Crippen molar-refractivity contribution in [2.75, 3.05) is 19.6 Å². The molecule has 1 aromatic carbocycles. The Balaban J connectivity index is 1.48. The third-order valence-corrected chi connectivity index (χ3v) is 4.74. The van der Waals surface area contributed by atoms with Gasteiger partial charge in [-0.05, 0) is 37.8 Å². The van der Waals surface area contributed by atoms with Gasteiger partial charge >= 0.3 is 0 Å². The highest BCUT2D eigenvalue weighted by molar-refractivity contribution is 5.86. The van der Waals surface area contributed by atoms with Gasteiger partial charge in [0.25, 0.3) is 0 Å². The molecular formula is C20H26N4O2. The highest BCUT2D eigenvalue weighted by atomic mass is 16.2. The van der Waals surface area contributed by atoms with Crippen molar-refractivity contribution in [3.8, 4) is 0 Å². The Morgan fingerprint density at radius 1 is 1.15 bits per heavy atom. The maximum Gasteiger partial charge on any atom is 0.242 e. The molecule has 2 heterocycles. The number of hydrogen-bond acceptors (Lipinski definition) is 3. The second kappa shape index (κ2) is 8.17. The van der Waals surface area contributed by atoms with Crippen LogP contribution in [0.3, 0.4) is 0 Å². The zero-order valence-corrected chi connectivity index (χ0v) is 15.5. The monoisotopic (exact) mass is 354 g/mol. The van der Waals surface area contributed by atoms with Gasteiger partial charge in [0, 0.05) is 32.3 Å². The summed E-state index contributed by atoms with van der Waals surface area (Å²) in [6.45, 7) is 6.15. The third-order valence-electron chi connectivity index (χ3n) is 4.74. The van der Waals surface area contributed by atoms with E-state index in [1.54, 1.807) is 11.1 Å². The number of carbonyl (C=O) groups excluding carboxylic acids is 2. The molecule has 0 bridgehead atoms. The number of carbonyl (C=O) groups is 2. The molecule has 1 fully saturated rings. The van der Waals surface area contributed by atoms with Crippen LogP contribution in [0.2, 0.25) is 0 Å². The largest absolute Gasteiger partial charge is 0.335 e. The number of benzene rings is 1. The lowest BCUT2D eigenvalue weighted by Gasteiger charge is -2.34. The number of piperazine rings is 1. The fraction of sp³-hybridized carbons (Fsp3) is 0.450. The van der Waals surface area contributed by atoms with Crippen molar-refractivity contribution in [3.63, 3.8) is 0 Å². The molecule has 1 aliphatic heterocycles. The molecule has 3 rings (SSSR count). The molecule has 0 spiro atoms. The van der Waals surface area contributed by atoms with E-state index < -0.39 is 0 Å². The SMILES string of the molecule is Cc1cc(C)cc(CN2CCN(C(=O)CCCc3cn[nH]c3)CC2=O)c1. The topological polar surface area (TPSA) is 69.3 Å². The summed E-state index contributed by atoms with van der Waals surface area (Å²) >= 11 is 0. The molecule has 0 saturated carbocycles. The Morgan fingerprint density at radius 2 is 1.92 bits per heavy atom. The molecule has 0 aliphatic carbocycles. The normalized spacial score (nSPS) is 14.8. The molecule has 0 radical (unpaired) electrons. The summed E-state index contributed by atoms with van der Waals surface area (Å²) < 4.78 is 0. The molecule has 1 aliphatic rings. The summed E-state index contributed by atoms with van der Waals surface area (Å²) in [5.41, 5.74) is 4.67. The minimum atomic E-state index is 0.0265. The lowest BCUT2D eigenvalue weighted by molar-refractivity contribution is -0.145. The van der Waals surface area contributed by atoms with Crippen molar-refractivity contribution in [1.82, 2.24) is 20.0 Å². The standard InChI is InChI=1S/C20H26N4O2/c1-15-8-16(2)10-18(9-15)13-23-6-7-24(14-20(23)26)19(25)5-3-4-17-11-21-22-12-17/h8-12H,3-7,13-14H2,1-2H3,(H,21,22). The van der Waals surface area contributed by atoms with E-state index in [9.17, 15) is 9.59 Å². The molecule has 1 aromatic heterocycles. The van der Waals surface area contributed by atoms with Crippen molar-refractivity contribution < 1.29 is 9.59 Å². The van der Waals surface area contributed by atoms with E-state index in [2.05, 4.69) is 42.2 Å². The molecule has 6 nitrogen and oxygen atoms in total. The Morgan fingerprint density at radius 3 is 2.58 bits per heavy atom. The minimum Gasteiger partial charge on any atom is -0.335 e. The van der Waals surface area contributed by atoms with Crippen LogP contribution in [0.1, 0.15) is 35.1 Å². The van der Waals surface area contributed by atoms with Crippen molar-refractivity contribution in [2.24, 2.45) is 0 Å². The van der Waals surface area contributed by atoms with Crippen molar-refractivity contribution in [3.05, 3.63) is 52.8 Å². The Hall–Kier alpha value is -2.63. The van der Waals surface area contributed by atoms with Crippen molar-refractivity contribution in [2.45, 2.75) is 39.7 Å². The molecule has 0 unspecified atom stereocenters. The molecule has 1 N–H and O–H groups in total. The van der Waals surface area contributed by atoms with E-state index in [1.807, 2.05) is 11.1 Å². The second-order valence-corrected chi connectivity index (χ2v) is 7.09. The van der Waals surface area contributed by atoms with Crippen LogP contribution in [0.5, 0.6) is 0 Å². The van der Waals surface area contributed by atoms with Gasteiger partial charge in [-0.15, -0.1) is 0 Å². The molecule has 2 aromatic rings. The number of aryl methyl sites for hydroxylation is 3. The quantitative estimate of drug-likeness (QED) is 0.865. The number of nitrogens with zero attached hydrogens (tertiary/aromatic N) is 3. The predicted molar refractivity (Wildman–Crippen MR) is 99.4 cm³/mol. The van der Waals surface area contributed by atoms with E-state index >= 15 is 0 Å². The average Bonchev–Trinajstić information content (AvgIpc) is 3.09. The van der Waals surface area contributed by atoms with Crippen LogP contribution in [-0.2, 0) is 22.6 Å². The van der Waals surface area contributed by atoms with Crippen molar-refractivity contribution >= 4 is 11.8 Å². The smallest absolute Gasteiger partial charge is 0.242 e. The van der Waals surface area contributed by atoms with E-state index in [-0.39, 0.29) is 18.4 Å². The highest BCUT2D eigenvalue weighted by Gasteiger charge is 2.26. The number of nitrogens with one attached hydrogen (secondary N) is 1. The average molecular weight is 354 g/mol. The van der Waals surface area contributed by atoms with Crippen LogP contribution in [0.15, 0.2) is 30.6 Å². The van der Waals surface area contributed by atoms with E-state index in [0.717, 1.165) is 24.0 Å². The van der Waals surface area contributed by atoms with Crippen LogP contribution < -0.4 is 0 Å². The molecule has 1 saturated heterocycles. The first-order valence-electron chi connectivity index (χ1n) is 9.11. The lowest BCUT2D eigenvalue weighted by atomic mass is 10.1. The lowest BCUT2D eigenvalue weighted by Crippen LogP contribution is -2.51. The first-order chi connectivity index (χ1) is 12.5. The Labute approximate surface area is 154 Å². The van der Waals surface area contributed by atoms with Crippen LogP contribution in [-0.4, -0.2) is 51.4 Å². The molecule has 138 valence electrons. The first kappa shape index (κ1) is 18.2. The van der Waals surface area contributed by atoms with Gasteiger partial charge in [-0.1, -0.05) is 29.3 Å². The summed E-state index contributed by atoms with van der Waals surface area (Å²) in [5.74, 6) is 0.0893. The van der Waals surface area contributed by atoms with Gasteiger partial charge < -0.3 is 9.80 Å². The summed E-state index contributed by atoms with van der Waals surface area (Å²) in [7, 11) is 0. The summed E-state index contributed by atoms with van der Waals surface area (Å²) in [5, 5.41) is 6.68. The second-order valence-electron chi connectivity index (χ2n) is 7.09. The molecule has 2 amide bonds. The summed E-state index contributed by atoms with van der Waals surface area (Å²) in [6.07, 6.45) is 5.69. The van der Waals surface area contributed by atoms with Gasteiger partial charge in [-0.3, -0.25) is 14.7 Å². The van der Waals surface area contributed by atoms with Crippen LogP contribution >= 0.6 is 0 Å². The van der Waals surface area contributed by atoms with Crippen LogP contribution in [0.25, 0.3) is 0 Å². The van der Waals surface area contributed by atoms with E-state index in [0.29, 0.717) is 26.1 Å². The number of rotatable bonds is 6. The Kier molecular flexibility index (Phi) is 5.71. The summed E-state index contributed by atoms with van der Waals surface area (Å²) in [6, 6.07) is 6.37. The fourth-order valence-electron chi connectivity index (χ4n) is 3.49. The number of amides is 2. The van der Waals surface area contributed by atoms with Gasteiger partial charge in [-0.25, -0.2) is 0 Å². The highest BCUT2D eigenvalue weighted by Crippen LogP contribution is 2.14. The van der Waals surface area contributed by atoms with Gasteiger partial charge in [0.05, 0.1) is 12.7 Å². The predicted octanol–water partition coefficient (Wildman–Crippen LogP) is 2.22. The van der Waals surface area contributed by atoms with Crippen LogP contribution in [0.4, 0.5) is 0 Å². The van der Waals surface area contributed by atoms with E-state index in [1.165, 1.54) is 11.1 Å². The third kappa shape index (κ3) is 4.71. The molecular weight excluding hydrogens is 328 g/mol. The number of H-pyrrole nitrogens is 1. The number of aromatic nitrogens is 2. The van der Waals surface area contributed by atoms with Crippen molar-refractivity contribution in [1.29, 1.82) is 0 Å². The molecule has 6 heteroatoms. The minimum absolute atomic E-state index is 0.0265. The zero-order valence-electron chi connectivity index (χ0n) is 15.5. The zero-order chi connectivity index (χ0) is 18.5. The summed E-state index contributed by atoms with van der Waals surface area (Å²) in [4.78, 5) is 28.4. The first-order valence-corrected chi connectivity index (χ1v) is 9.11. The maximum absolute atomic E-state index is 12.5. The number of hydrogen-bond donors (Lipinski definition) is 1. The maximum atomic E-state index is 12.5. The van der Waals surface area contributed by atoms with Gasteiger partial charge in [-0.2, -0.15) is 5.10 Å². The van der Waals surface area contributed by atoms with Crippen LogP contribution in [0, 0.1) is 13.8 Å². The molecule has 26 heavy (non-hydrogen) atoms. The van der Waals surface area contributed by atoms with Gasteiger partial charge in [0.15, 0.2) is 0 Å². The fourth-order valence-corrected chi connectivity index (χ4v) is 3.49. The number of aromatic amines is 1. The van der Waals surface area contributed by atoms with Gasteiger partial charge in [0.2, 0.25) is 11.8 Å².